The molecule has 0 aliphatic rings. The quantitative estimate of drug-likeness (QED) is 0.721. The third-order valence-electron chi connectivity index (χ3n) is 3.03. The van der Waals surface area contributed by atoms with E-state index in [-0.39, 0.29) is 6.04 Å². The predicted molar refractivity (Wildman–Crippen MR) is 71.9 cm³/mol. The van der Waals surface area contributed by atoms with E-state index in [9.17, 15) is 0 Å². The summed E-state index contributed by atoms with van der Waals surface area (Å²) in [4.78, 5) is 11.8. The second-order valence-corrected chi connectivity index (χ2v) is 4.37. The van der Waals surface area contributed by atoms with Crippen LogP contribution in [0.4, 0.5) is 0 Å². The molecule has 4 heteroatoms. The molecular weight excluding hydrogens is 224 g/mol. The monoisotopic (exact) mass is 238 g/mol. The van der Waals surface area contributed by atoms with Gasteiger partial charge in [0.2, 0.25) is 0 Å². The third kappa shape index (κ3) is 1.76. The van der Waals surface area contributed by atoms with Gasteiger partial charge in [-0.1, -0.05) is 0 Å². The number of nitrogens with one attached hydrogen (secondary N) is 1. The van der Waals surface area contributed by atoms with E-state index in [4.69, 9.17) is 5.73 Å². The summed E-state index contributed by atoms with van der Waals surface area (Å²) in [6.45, 7) is 1.98. The maximum absolute atomic E-state index is 5.96. The molecule has 3 rings (SSSR count). The van der Waals surface area contributed by atoms with Crippen LogP contribution in [0.1, 0.15) is 18.5 Å². The van der Waals surface area contributed by atoms with Crippen molar-refractivity contribution in [3.05, 3.63) is 48.4 Å². The van der Waals surface area contributed by atoms with Gasteiger partial charge in [-0.05, 0) is 36.8 Å². The average Bonchev–Trinajstić information content (AvgIpc) is 2.82. The van der Waals surface area contributed by atoms with Gasteiger partial charge in [0.15, 0.2) is 5.82 Å². The van der Waals surface area contributed by atoms with E-state index < -0.39 is 0 Å². The molecule has 4 nitrogen and oxygen atoms in total. The van der Waals surface area contributed by atoms with Gasteiger partial charge in [0.05, 0.1) is 0 Å². The molecule has 1 unspecified atom stereocenters. The van der Waals surface area contributed by atoms with Gasteiger partial charge in [-0.15, -0.1) is 0 Å². The van der Waals surface area contributed by atoms with Crippen LogP contribution < -0.4 is 5.73 Å². The van der Waals surface area contributed by atoms with E-state index in [0.717, 1.165) is 27.9 Å². The first kappa shape index (κ1) is 10.9. The van der Waals surface area contributed by atoms with E-state index in [1.54, 1.807) is 12.4 Å². The summed E-state index contributed by atoms with van der Waals surface area (Å²) < 4.78 is 0. The van der Waals surface area contributed by atoms with E-state index in [0.29, 0.717) is 0 Å². The molecule has 0 amide bonds. The standard InChI is InChI=1S/C14H14N4/c1-9(15)12-8-18-13-4-3-10(7-11(12)13)14-16-5-2-6-17-14/h2-9,18H,15H2,1H3. The van der Waals surface area contributed by atoms with Crippen LogP contribution in [0.25, 0.3) is 22.3 Å². The molecule has 0 fully saturated rings. The maximum Gasteiger partial charge on any atom is 0.159 e. The Morgan fingerprint density at radius 3 is 2.72 bits per heavy atom. The van der Waals surface area contributed by atoms with Crippen molar-refractivity contribution >= 4 is 10.9 Å². The van der Waals surface area contributed by atoms with Gasteiger partial charge in [0, 0.05) is 41.1 Å². The number of aromatic nitrogens is 3. The first-order valence-electron chi connectivity index (χ1n) is 5.90. The van der Waals surface area contributed by atoms with Gasteiger partial charge in [-0.3, -0.25) is 0 Å². The van der Waals surface area contributed by atoms with Crippen LogP contribution in [0.3, 0.4) is 0 Å². The van der Waals surface area contributed by atoms with Gasteiger partial charge in [0.1, 0.15) is 0 Å². The van der Waals surface area contributed by atoms with E-state index in [1.807, 2.05) is 31.3 Å². The average molecular weight is 238 g/mol. The molecule has 90 valence electrons. The van der Waals surface area contributed by atoms with Gasteiger partial charge in [-0.2, -0.15) is 0 Å². The fraction of sp³-hybridized carbons (Fsp3) is 0.143. The van der Waals surface area contributed by atoms with Crippen molar-refractivity contribution in [1.82, 2.24) is 15.0 Å². The minimum atomic E-state index is 0.00527. The SMILES string of the molecule is CC(N)c1c[nH]c2ccc(-c3ncccn3)cc12. The van der Waals surface area contributed by atoms with E-state index >= 15 is 0 Å². The molecule has 18 heavy (non-hydrogen) atoms. The minimum Gasteiger partial charge on any atom is -0.361 e. The first-order valence-corrected chi connectivity index (χ1v) is 5.90. The van der Waals surface area contributed by atoms with Crippen molar-refractivity contribution in [3.8, 4) is 11.4 Å². The van der Waals surface area contributed by atoms with E-state index in [2.05, 4.69) is 21.0 Å². The highest BCUT2D eigenvalue weighted by molar-refractivity contribution is 5.87. The maximum atomic E-state index is 5.96. The Bertz CT molecular complexity index is 671. The molecule has 0 saturated heterocycles. The van der Waals surface area contributed by atoms with Gasteiger partial charge >= 0.3 is 0 Å². The summed E-state index contributed by atoms with van der Waals surface area (Å²) in [6.07, 6.45) is 5.46. The van der Waals surface area contributed by atoms with Crippen LogP contribution in [0, 0.1) is 0 Å². The lowest BCUT2D eigenvalue weighted by Gasteiger charge is -2.04. The second kappa shape index (κ2) is 4.23. The van der Waals surface area contributed by atoms with Gasteiger partial charge < -0.3 is 10.7 Å². The van der Waals surface area contributed by atoms with Crippen LogP contribution in [0.15, 0.2) is 42.9 Å². The Morgan fingerprint density at radius 1 is 1.22 bits per heavy atom. The molecule has 2 heterocycles. The second-order valence-electron chi connectivity index (χ2n) is 4.37. The first-order chi connectivity index (χ1) is 8.75. The fourth-order valence-corrected chi connectivity index (χ4v) is 2.11. The molecule has 0 radical (unpaired) electrons. The van der Waals surface area contributed by atoms with Crippen LogP contribution in [0.5, 0.6) is 0 Å². The van der Waals surface area contributed by atoms with Crippen LogP contribution >= 0.6 is 0 Å². The Kier molecular flexibility index (Phi) is 2.57. The summed E-state index contributed by atoms with van der Waals surface area (Å²) in [5.41, 5.74) is 9.16. The van der Waals surface area contributed by atoms with Crippen molar-refractivity contribution < 1.29 is 0 Å². The normalized spacial score (nSPS) is 12.8. The zero-order valence-electron chi connectivity index (χ0n) is 10.1. The number of hydrogen-bond acceptors (Lipinski definition) is 3. The molecule has 0 bridgehead atoms. The molecule has 1 aromatic carbocycles. The lowest BCUT2D eigenvalue weighted by Crippen LogP contribution is -2.03. The van der Waals surface area contributed by atoms with E-state index in [1.165, 1.54) is 0 Å². The number of aromatic amines is 1. The highest BCUT2D eigenvalue weighted by Gasteiger charge is 2.09. The highest BCUT2D eigenvalue weighted by Crippen LogP contribution is 2.26. The Hall–Kier alpha value is -2.20. The molecule has 1 atom stereocenters. The summed E-state index contributed by atoms with van der Waals surface area (Å²) >= 11 is 0. The number of hydrogen-bond donors (Lipinski definition) is 2. The molecule has 0 aliphatic heterocycles. The largest absolute Gasteiger partial charge is 0.361 e. The summed E-state index contributed by atoms with van der Waals surface area (Å²) in [7, 11) is 0. The summed E-state index contributed by atoms with van der Waals surface area (Å²) in [5.74, 6) is 0.733. The molecule has 2 aromatic heterocycles. The summed E-state index contributed by atoms with van der Waals surface area (Å²) in [5, 5.41) is 1.13. The number of rotatable bonds is 2. The number of nitrogens with zero attached hydrogens (tertiary/aromatic N) is 2. The smallest absolute Gasteiger partial charge is 0.159 e. The van der Waals surface area contributed by atoms with Crippen molar-refractivity contribution in [3.63, 3.8) is 0 Å². The Labute approximate surface area is 105 Å². The number of H-pyrrole nitrogens is 1. The number of fused-ring (bicyclic) bond motifs is 1. The molecular formula is C14H14N4. The van der Waals surface area contributed by atoms with Crippen molar-refractivity contribution in [2.75, 3.05) is 0 Å². The predicted octanol–water partition coefficient (Wildman–Crippen LogP) is 2.64. The van der Waals surface area contributed by atoms with Crippen molar-refractivity contribution in [2.45, 2.75) is 13.0 Å². The lowest BCUT2D eigenvalue weighted by molar-refractivity contribution is 0.826. The molecule has 3 N–H and O–H groups in total. The van der Waals surface area contributed by atoms with Crippen LogP contribution in [-0.2, 0) is 0 Å². The van der Waals surface area contributed by atoms with Gasteiger partial charge in [-0.25, -0.2) is 9.97 Å². The molecule has 0 aliphatic carbocycles. The zero-order valence-corrected chi connectivity index (χ0v) is 10.1. The zero-order chi connectivity index (χ0) is 12.5. The topological polar surface area (TPSA) is 67.6 Å². The number of benzene rings is 1. The Morgan fingerprint density at radius 2 is 2.00 bits per heavy atom. The molecule has 0 spiro atoms. The minimum absolute atomic E-state index is 0.00527. The molecule has 3 aromatic rings. The van der Waals surface area contributed by atoms with Crippen LogP contribution in [-0.4, -0.2) is 15.0 Å². The van der Waals surface area contributed by atoms with Crippen molar-refractivity contribution in [2.24, 2.45) is 5.73 Å². The van der Waals surface area contributed by atoms with Crippen molar-refractivity contribution in [1.29, 1.82) is 0 Å². The number of nitrogens with two attached hydrogens (primary N) is 1. The lowest BCUT2D eigenvalue weighted by atomic mass is 10.1. The Balaban J connectivity index is 2.18. The third-order valence-corrected chi connectivity index (χ3v) is 3.03. The highest BCUT2D eigenvalue weighted by atomic mass is 14.8. The van der Waals surface area contributed by atoms with Crippen LogP contribution in [0.2, 0.25) is 0 Å². The van der Waals surface area contributed by atoms with Gasteiger partial charge in [0.25, 0.3) is 0 Å². The molecule has 0 saturated carbocycles. The fourth-order valence-electron chi connectivity index (χ4n) is 2.11. The summed E-state index contributed by atoms with van der Waals surface area (Å²) in [6, 6.07) is 7.95.